The molecule has 35 heavy (non-hydrogen) atoms. The first kappa shape index (κ1) is 27.2. The van der Waals surface area contributed by atoms with E-state index in [9.17, 15) is 13.2 Å². The summed E-state index contributed by atoms with van der Waals surface area (Å²) in [7, 11) is -2.19. The molecule has 10 heteroatoms. The summed E-state index contributed by atoms with van der Waals surface area (Å²) >= 11 is 12.3. The van der Waals surface area contributed by atoms with E-state index in [0.717, 1.165) is 11.1 Å². The van der Waals surface area contributed by atoms with Gasteiger partial charge in [0.25, 0.3) is 5.91 Å². The Hall–Kier alpha value is -2.39. The van der Waals surface area contributed by atoms with Gasteiger partial charge in [-0.15, -0.1) is 0 Å². The number of methoxy groups -OCH3 is 1. The fourth-order valence-electron chi connectivity index (χ4n) is 3.80. The van der Waals surface area contributed by atoms with E-state index >= 15 is 0 Å². The third-order valence-corrected chi connectivity index (χ3v) is 7.71. The van der Waals surface area contributed by atoms with E-state index in [4.69, 9.17) is 27.9 Å². The molecular formula is C25H29Cl2N3O4S. The third kappa shape index (κ3) is 6.44. The fourth-order valence-corrected chi connectivity index (χ4v) is 5.99. The van der Waals surface area contributed by atoms with E-state index in [2.05, 4.69) is 4.98 Å². The molecule has 0 N–H and O–H groups in total. The number of aryl methyl sites for hydroxylation is 1. The number of hydrogen-bond donors (Lipinski definition) is 0. The molecule has 0 unspecified atom stereocenters. The Labute approximate surface area is 216 Å². The van der Waals surface area contributed by atoms with Gasteiger partial charge in [0.15, 0.2) is 0 Å². The van der Waals surface area contributed by atoms with Gasteiger partial charge in [-0.2, -0.15) is 0 Å². The predicted octanol–water partition coefficient (Wildman–Crippen LogP) is 5.34. The number of rotatable bonds is 10. The Morgan fingerprint density at radius 2 is 1.89 bits per heavy atom. The zero-order chi connectivity index (χ0) is 25.8. The number of halogens is 2. The minimum Gasteiger partial charge on any atom is -0.383 e. The van der Waals surface area contributed by atoms with Gasteiger partial charge < -0.3 is 14.2 Å². The van der Waals surface area contributed by atoms with Gasteiger partial charge in [-0.3, -0.25) is 4.79 Å². The molecule has 0 bridgehead atoms. The summed E-state index contributed by atoms with van der Waals surface area (Å²) in [5, 5.41) is 0.648. The molecule has 0 atom stereocenters. The van der Waals surface area contributed by atoms with Crippen molar-refractivity contribution >= 4 is 38.9 Å². The summed E-state index contributed by atoms with van der Waals surface area (Å²) < 4.78 is 33.6. The molecule has 0 saturated heterocycles. The molecule has 0 spiro atoms. The smallest absolute Gasteiger partial charge is 0.255 e. The molecule has 0 aliphatic carbocycles. The Morgan fingerprint density at radius 3 is 2.51 bits per heavy atom. The first-order valence-corrected chi connectivity index (χ1v) is 13.5. The maximum Gasteiger partial charge on any atom is 0.255 e. The van der Waals surface area contributed by atoms with E-state index in [1.807, 2.05) is 39.0 Å². The Kier molecular flexibility index (Phi) is 8.99. The largest absolute Gasteiger partial charge is 0.383 e. The van der Waals surface area contributed by atoms with Crippen molar-refractivity contribution in [3.63, 3.8) is 0 Å². The first-order chi connectivity index (χ1) is 16.5. The van der Waals surface area contributed by atoms with E-state index in [0.29, 0.717) is 22.9 Å². The highest BCUT2D eigenvalue weighted by Gasteiger charge is 2.28. The number of carbonyl (C=O) groups is 1. The lowest BCUT2D eigenvalue weighted by molar-refractivity contribution is 0.0675. The SMILES string of the molecule is COCCN(Cc1cnc(S(=O)(=O)Cc2ccccc2C)n1C(C)C)C(=O)c1ccc(Cl)cc1Cl. The van der Waals surface area contributed by atoms with Gasteiger partial charge >= 0.3 is 0 Å². The molecule has 1 aromatic heterocycles. The fraction of sp³-hybridized carbons (Fsp3) is 0.360. The minimum absolute atomic E-state index is 0.0191. The standard InChI is InChI=1S/C25H29Cl2N3O4S/c1-17(2)30-21(14-28-25(30)35(32,33)16-19-8-6-5-7-18(19)3)15-29(11-12-34-4)24(31)22-10-9-20(26)13-23(22)27/h5-10,13-14,17H,11-12,15-16H2,1-4H3. The van der Waals surface area contributed by atoms with Gasteiger partial charge in [-0.05, 0) is 50.1 Å². The van der Waals surface area contributed by atoms with E-state index in [1.165, 1.54) is 12.3 Å². The number of imidazole rings is 1. The van der Waals surface area contributed by atoms with Crippen molar-refractivity contribution in [1.82, 2.24) is 14.5 Å². The second-order valence-electron chi connectivity index (χ2n) is 8.53. The molecule has 1 heterocycles. The topological polar surface area (TPSA) is 81.5 Å². The molecular weight excluding hydrogens is 509 g/mol. The molecule has 0 radical (unpaired) electrons. The van der Waals surface area contributed by atoms with Crippen LogP contribution in [0.3, 0.4) is 0 Å². The molecule has 1 amide bonds. The van der Waals surface area contributed by atoms with Crippen LogP contribution in [0.15, 0.2) is 53.8 Å². The van der Waals surface area contributed by atoms with Crippen molar-refractivity contribution < 1.29 is 17.9 Å². The number of carbonyl (C=O) groups excluding carboxylic acids is 1. The van der Waals surface area contributed by atoms with Crippen LogP contribution in [0.25, 0.3) is 0 Å². The predicted molar refractivity (Wildman–Crippen MR) is 138 cm³/mol. The highest BCUT2D eigenvalue weighted by Crippen LogP contribution is 2.26. The quantitative estimate of drug-likeness (QED) is 0.348. The van der Waals surface area contributed by atoms with Gasteiger partial charge in [0, 0.05) is 24.7 Å². The van der Waals surface area contributed by atoms with Crippen molar-refractivity contribution in [2.24, 2.45) is 0 Å². The zero-order valence-corrected chi connectivity index (χ0v) is 22.5. The maximum absolute atomic E-state index is 13.4. The van der Waals surface area contributed by atoms with Crippen LogP contribution in [0.4, 0.5) is 0 Å². The summed E-state index contributed by atoms with van der Waals surface area (Å²) in [6.07, 6.45) is 1.52. The number of amides is 1. The lowest BCUT2D eigenvalue weighted by atomic mass is 10.1. The number of nitrogens with zero attached hydrogens (tertiary/aromatic N) is 3. The van der Waals surface area contributed by atoms with Gasteiger partial charge in [-0.1, -0.05) is 47.5 Å². The molecule has 188 valence electrons. The molecule has 0 saturated carbocycles. The average Bonchev–Trinajstić information content (AvgIpc) is 3.23. The molecule has 0 aliphatic rings. The maximum atomic E-state index is 13.4. The van der Waals surface area contributed by atoms with E-state index in [-0.39, 0.29) is 41.0 Å². The van der Waals surface area contributed by atoms with Gasteiger partial charge in [-0.25, -0.2) is 13.4 Å². The van der Waals surface area contributed by atoms with Crippen molar-refractivity contribution in [2.75, 3.05) is 20.3 Å². The number of ether oxygens (including phenoxy) is 1. The van der Waals surface area contributed by atoms with Crippen LogP contribution < -0.4 is 0 Å². The van der Waals surface area contributed by atoms with Crippen LogP contribution in [0.1, 0.15) is 47.1 Å². The van der Waals surface area contributed by atoms with Gasteiger partial charge in [0.05, 0.1) is 41.4 Å². The molecule has 3 aromatic rings. The van der Waals surface area contributed by atoms with Crippen LogP contribution in [-0.2, 0) is 26.9 Å². The Morgan fingerprint density at radius 1 is 1.17 bits per heavy atom. The Bertz CT molecular complexity index is 1310. The summed E-state index contributed by atoms with van der Waals surface area (Å²) in [6, 6.07) is 11.9. The second kappa shape index (κ2) is 11.6. The van der Waals surface area contributed by atoms with Crippen molar-refractivity contribution in [2.45, 2.75) is 44.3 Å². The van der Waals surface area contributed by atoms with Gasteiger partial charge in [0.1, 0.15) is 0 Å². The summed E-state index contributed by atoms with van der Waals surface area (Å²) in [4.78, 5) is 19.2. The van der Waals surface area contributed by atoms with Crippen molar-refractivity contribution in [1.29, 1.82) is 0 Å². The normalized spacial score (nSPS) is 11.7. The summed E-state index contributed by atoms with van der Waals surface area (Å²) in [6.45, 7) is 6.36. The Balaban J connectivity index is 1.97. The lowest BCUT2D eigenvalue weighted by Crippen LogP contribution is -2.34. The molecule has 3 rings (SSSR count). The zero-order valence-electron chi connectivity index (χ0n) is 20.2. The minimum atomic E-state index is -3.74. The molecule has 0 fully saturated rings. The van der Waals surface area contributed by atoms with Gasteiger partial charge in [0.2, 0.25) is 15.0 Å². The highest BCUT2D eigenvalue weighted by molar-refractivity contribution is 7.90. The highest BCUT2D eigenvalue weighted by atomic mass is 35.5. The molecule has 7 nitrogen and oxygen atoms in total. The lowest BCUT2D eigenvalue weighted by Gasteiger charge is -2.25. The van der Waals surface area contributed by atoms with E-state index in [1.54, 1.807) is 34.8 Å². The van der Waals surface area contributed by atoms with Crippen LogP contribution >= 0.6 is 23.2 Å². The van der Waals surface area contributed by atoms with Crippen LogP contribution in [0.5, 0.6) is 0 Å². The average molecular weight is 538 g/mol. The number of sulfone groups is 1. The first-order valence-electron chi connectivity index (χ1n) is 11.1. The molecule has 0 aliphatic heterocycles. The summed E-state index contributed by atoms with van der Waals surface area (Å²) in [5.74, 6) is -0.472. The van der Waals surface area contributed by atoms with Crippen molar-refractivity contribution in [3.8, 4) is 0 Å². The van der Waals surface area contributed by atoms with Crippen LogP contribution in [-0.4, -0.2) is 49.0 Å². The van der Waals surface area contributed by atoms with Crippen molar-refractivity contribution in [3.05, 3.63) is 81.1 Å². The third-order valence-electron chi connectivity index (χ3n) is 5.61. The summed E-state index contributed by atoms with van der Waals surface area (Å²) in [5.41, 5.74) is 2.52. The van der Waals surface area contributed by atoms with E-state index < -0.39 is 9.84 Å². The molecule has 2 aromatic carbocycles. The van der Waals surface area contributed by atoms with Crippen LogP contribution in [0, 0.1) is 6.92 Å². The second-order valence-corrected chi connectivity index (χ2v) is 11.3. The van der Waals surface area contributed by atoms with Crippen LogP contribution in [0.2, 0.25) is 10.0 Å². The number of benzene rings is 2. The number of hydrogen-bond acceptors (Lipinski definition) is 5. The monoisotopic (exact) mass is 537 g/mol. The number of aromatic nitrogens is 2.